The molecular formula is C28H22. The zero-order valence-corrected chi connectivity index (χ0v) is 15.7. The summed E-state index contributed by atoms with van der Waals surface area (Å²) in [5.41, 5.74) is 5.09. The first-order chi connectivity index (χ1) is 13.9. The van der Waals surface area contributed by atoms with Crippen molar-refractivity contribution in [3.63, 3.8) is 0 Å². The molecule has 0 bridgehead atoms. The highest BCUT2D eigenvalue weighted by Crippen LogP contribution is 2.31. The molecule has 5 aromatic carbocycles. The molecule has 0 spiro atoms. The molecule has 0 nitrogen and oxygen atoms in total. The number of hydrogen-bond acceptors (Lipinski definition) is 0. The summed E-state index contributed by atoms with van der Waals surface area (Å²) >= 11 is 0. The van der Waals surface area contributed by atoms with Crippen molar-refractivity contribution in [2.45, 2.75) is 0 Å². The van der Waals surface area contributed by atoms with Crippen molar-refractivity contribution in [2.24, 2.45) is 0 Å². The average molecular weight is 358 g/mol. The number of fused-ring (bicyclic) bond motifs is 1. The molecule has 0 aliphatic carbocycles. The molecule has 0 aliphatic rings. The Kier molecular flexibility index (Phi) is 5.60. The molecule has 0 N–H and O–H groups in total. The normalized spacial score (nSPS) is 10.1. The van der Waals surface area contributed by atoms with E-state index in [0.717, 1.165) is 0 Å². The smallest absolute Gasteiger partial charge is 0.0105 e. The standard InChI is InChI=1S/C18H14.C10H8/c1-3-9-15(10-4-1)17-13-7-8-14-18(17)16-11-5-2-6-12-16;1-2-6-10-8-4-3-7-9(10)5-1/h1-14H;1-8H. The molecule has 0 saturated heterocycles. The molecule has 0 saturated carbocycles. The summed E-state index contributed by atoms with van der Waals surface area (Å²) < 4.78 is 0. The van der Waals surface area contributed by atoms with Crippen LogP contribution in [0.1, 0.15) is 0 Å². The third kappa shape index (κ3) is 4.19. The van der Waals surface area contributed by atoms with E-state index in [-0.39, 0.29) is 0 Å². The molecule has 5 aromatic rings. The quantitative estimate of drug-likeness (QED) is 0.301. The Labute approximate surface area is 166 Å². The van der Waals surface area contributed by atoms with Gasteiger partial charge in [0, 0.05) is 0 Å². The van der Waals surface area contributed by atoms with Crippen LogP contribution in [0.2, 0.25) is 0 Å². The molecule has 0 heterocycles. The van der Waals surface area contributed by atoms with Crippen molar-refractivity contribution in [1.82, 2.24) is 0 Å². The summed E-state index contributed by atoms with van der Waals surface area (Å²) in [5, 5.41) is 2.62. The third-order valence-corrected chi connectivity index (χ3v) is 4.76. The van der Waals surface area contributed by atoms with Crippen LogP contribution in [0.4, 0.5) is 0 Å². The lowest BCUT2D eigenvalue weighted by Gasteiger charge is -2.09. The van der Waals surface area contributed by atoms with Gasteiger partial charge in [-0.1, -0.05) is 133 Å². The Balaban J connectivity index is 0.000000162. The first-order valence-electron chi connectivity index (χ1n) is 9.55. The predicted octanol–water partition coefficient (Wildman–Crippen LogP) is 7.86. The van der Waals surface area contributed by atoms with Crippen LogP contribution in [-0.4, -0.2) is 0 Å². The van der Waals surface area contributed by atoms with E-state index < -0.39 is 0 Å². The Hall–Kier alpha value is -3.64. The van der Waals surface area contributed by atoms with Gasteiger partial charge in [0.15, 0.2) is 0 Å². The molecule has 0 atom stereocenters. The summed E-state index contributed by atoms with van der Waals surface area (Å²) in [6, 6.07) is 46.3. The van der Waals surface area contributed by atoms with E-state index in [9.17, 15) is 0 Å². The fraction of sp³-hybridized carbons (Fsp3) is 0. The lowest BCUT2D eigenvalue weighted by Crippen LogP contribution is -1.83. The molecular weight excluding hydrogens is 336 g/mol. The highest BCUT2D eigenvalue weighted by molar-refractivity contribution is 5.83. The SMILES string of the molecule is c1ccc(-c2ccccc2-c2ccccc2)cc1.c1ccc2ccccc2c1. The van der Waals surface area contributed by atoms with E-state index >= 15 is 0 Å². The summed E-state index contributed by atoms with van der Waals surface area (Å²) in [6.07, 6.45) is 0. The van der Waals surface area contributed by atoms with Gasteiger partial charge in [-0.25, -0.2) is 0 Å². The highest BCUT2D eigenvalue weighted by atomic mass is 14.1. The molecule has 0 fully saturated rings. The van der Waals surface area contributed by atoms with Gasteiger partial charge in [0.05, 0.1) is 0 Å². The maximum absolute atomic E-state index is 2.18. The van der Waals surface area contributed by atoms with Gasteiger partial charge in [-0.05, 0) is 33.0 Å². The second-order valence-corrected chi connectivity index (χ2v) is 6.62. The summed E-state index contributed by atoms with van der Waals surface area (Å²) in [5.74, 6) is 0. The number of hydrogen-bond donors (Lipinski definition) is 0. The monoisotopic (exact) mass is 358 g/mol. The van der Waals surface area contributed by atoms with Crippen LogP contribution in [0.5, 0.6) is 0 Å². The van der Waals surface area contributed by atoms with Gasteiger partial charge in [0.1, 0.15) is 0 Å². The fourth-order valence-electron chi connectivity index (χ4n) is 3.35. The van der Waals surface area contributed by atoms with Crippen molar-refractivity contribution in [1.29, 1.82) is 0 Å². The maximum Gasteiger partial charge on any atom is -0.0105 e. The summed E-state index contributed by atoms with van der Waals surface area (Å²) in [6.45, 7) is 0. The van der Waals surface area contributed by atoms with Gasteiger partial charge >= 0.3 is 0 Å². The van der Waals surface area contributed by atoms with Gasteiger partial charge in [0.2, 0.25) is 0 Å². The molecule has 5 rings (SSSR count). The van der Waals surface area contributed by atoms with Gasteiger partial charge in [0.25, 0.3) is 0 Å². The van der Waals surface area contributed by atoms with Crippen molar-refractivity contribution in [3.8, 4) is 22.3 Å². The lowest BCUT2D eigenvalue weighted by molar-refractivity contribution is 1.58. The minimum atomic E-state index is 1.26. The van der Waals surface area contributed by atoms with Crippen LogP contribution in [0.3, 0.4) is 0 Å². The molecule has 0 aliphatic heterocycles. The zero-order valence-electron chi connectivity index (χ0n) is 15.7. The molecule has 0 radical (unpaired) electrons. The first kappa shape index (κ1) is 17.8. The molecule has 0 aromatic heterocycles. The van der Waals surface area contributed by atoms with E-state index in [1.807, 2.05) is 0 Å². The zero-order chi connectivity index (χ0) is 19.0. The minimum absolute atomic E-state index is 1.26. The Morgan fingerprint density at radius 1 is 0.250 bits per heavy atom. The van der Waals surface area contributed by atoms with Crippen LogP contribution in [0.25, 0.3) is 33.0 Å². The van der Waals surface area contributed by atoms with Gasteiger partial charge in [-0.2, -0.15) is 0 Å². The van der Waals surface area contributed by atoms with Crippen LogP contribution in [-0.2, 0) is 0 Å². The molecule has 28 heavy (non-hydrogen) atoms. The minimum Gasteiger partial charge on any atom is -0.0622 e. The second-order valence-electron chi connectivity index (χ2n) is 6.62. The second kappa shape index (κ2) is 8.83. The van der Waals surface area contributed by atoms with Gasteiger partial charge < -0.3 is 0 Å². The molecule has 134 valence electrons. The van der Waals surface area contributed by atoms with E-state index in [4.69, 9.17) is 0 Å². The molecule has 0 heteroatoms. The van der Waals surface area contributed by atoms with E-state index in [0.29, 0.717) is 0 Å². The third-order valence-electron chi connectivity index (χ3n) is 4.76. The maximum atomic E-state index is 2.18. The number of rotatable bonds is 2. The topological polar surface area (TPSA) is 0 Å². The van der Waals surface area contributed by atoms with E-state index in [2.05, 4.69) is 133 Å². The van der Waals surface area contributed by atoms with E-state index in [1.54, 1.807) is 0 Å². The molecule has 0 unspecified atom stereocenters. The molecule has 0 amide bonds. The van der Waals surface area contributed by atoms with Gasteiger partial charge in [-0.15, -0.1) is 0 Å². The van der Waals surface area contributed by atoms with Crippen LogP contribution >= 0.6 is 0 Å². The summed E-state index contributed by atoms with van der Waals surface area (Å²) in [4.78, 5) is 0. The fourth-order valence-corrected chi connectivity index (χ4v) is 3.35. The number of benzene rings is 5. The van der Waals surface area contributed by atoms with Gasteiger partial charge in [-0.3, -0.25) is 0 Å². The highest BCUT2D eigenvalue weighted by Gasteiger charge is 2.05. The largest absolute Gasteiger partial charge is 0.0622 e. The van der Waals surface area contributed by atoms with Crippen molar-refractivity contribution in [3.05, 3.63) is 133 Å². The van der Waals surface area contributed by atoms with Crippen molar-refractivity contribution < 1.29 is 0 Å². The Morgan fingerprint density at radius 2 is 0.536 bits per heavy atom. The van der Waals surface area contributed by atoms with E-state index in [1.165, 1.54) is 33.0 Å². The predicted molar refractivity (Wildman–Crippen MR) is 121 cm³/mol. The lowest BCUT2D eigenvalue weighted by atomic mass is 9.95. The summed E-state index contributed by atoms with van der Waals surface area (Å²) in [7, 11) is 0. The van der Waals surface area contributed by atoms with Crippen molar-refractivity contribution >= 4 is 10.8 Å². The van der Waals surface area contributed by atoms with Crippen LogP contribution in [0, 0.1) is 0 Å². The first-order valence-corrected chi connectivity index (χ1v) is 9.55. The van der Waals surface area contributed by atoms with Crippen LogP contribution in [0.15, 0.2) is 133 Å². The van der Waals surface area contributed by atoms with Crippen molar-refractivity contribution in [2.75, 3.05) is 0 Å². The average Bonchev–Trinajstić information content (AvgIpc) is 2.81. The van der Waals surface area contributed by atoms with Crippen LogP contribution < -0.4 is 0 Å². The Morgan fingerprint density at radius 3 is 0.893 bits per heavy atom. The Bertz CT molecular complexity index is 1020.